The molecule has 0 aromatic rings. The maximum Gasteiger partial charge on any atom is 0.0876 e. The van der Waals surface area contributed by atoms with E-state index < -0.39 is 0 Å². The van der Waals surface area contributed by atoms with Gasteiger partial charge in [0.1, 0.15) is 0 Å². The summed E-state index contributed by atoms with van der Waals surface area (Å²) in [5, 5.41) is 0. The first kappa shape index (κ1) is 16.8. The van der Waals surface area contributed by atoms with Crippen molar-refractivity contribution < 1.29 is 4.74 Å². The standard InChI is InChI=1S/C18H34O/c1-3-5-7-9-11-13-15-17-18(19-17)16-14-12-10-8-6-4-2/h11,13,17-18H,3-10,12,14-16H2,1-2H3/t17?,18-/m1/s1. The minimum Gasteiger partial charge on any atom is -0.369 e. The van der Waals surface area contributed by atoms with Crippen molar-refractivity contribution in [2.45, 2.75) is 103 Å². The summed E-state index contributed by atoms with van der Waals surface area (Å²) in [6.45, 7) is 4.53. The van der Waals surface area contributed by atoms with Crippen LogP contribution in [0.5, 0.6) is 0 Å². The zero-order valence-electron chi connectivity index (χ0n) is 13.2. The van der Waals surface area contributed by atoms with E-state index in [4.69, 9.17) is 4.74 Å². The first-order valence-electron chi connectivity index (χ1n) is 8.69. The molecule has 19 heavy (non-hydrogen) atoms. The zero-order chi connectivity index (χ0) is 13.8. The number of hydrogen-bond acceptors (Lipinski definition) is 1. The number of rotatable bonds is 13. The highest BCUT2D eigenvalue weighted by molar-refractivity contribution is 4.93. The summed E-state index contributed by atoms with van der Waals surface area (Å²) in [4.78, 5) is 0. The Balaban J connectivity index is 1.83. The summed E-state index contributed by atoms with van der Waals surface area (Å²) in [5.41, 5.74) is 0. The lowest BCUT2D eigenvalue weighted by atomic mass is 10.1. The molecule has 1 rings (SSSR count). The third-order valence-electron chi connectivity index (χ3n) is 4.04. The quantitative estimate of drug-likeness (QED) is 0.225. The van der Waals surface area contributed by atoms with E-state index in [-0.39, 0.29) is 0 Å². The molecule has 0 spiro atoms. The Hall–Kier alpha value is -0.300. The van der Waals surface area contributed by atoms with Crippen molar-refractivity contribution in [3.63, 3.8) is 0 Å². The largest absolute Gasteiger partial charge is 0.369 e. The van der Waals surface area contributed by atoms with E-state index in [1.807, 2.05) is 0 Å². The molecule has 0 N–H and O–H groups in total. The van der Waals surface area contributed by atoms with Crippen LogP contribution >= 0.6 is 0 Å². The fraction of sp³-hybridized carbons (Fsp3) is 0.889. The molecule has 0 saturated carbocycles. The van der Waals surface area contributed by atoms with Gasteiger partial charge in [0.2, 0.25) is 0 Å². The van der Waals surface area contributed by atoms with Gasteiger partial charge in [0.25, 0.3) is 0 Å². The highest BCUT2D eigenvalue weighted by Gasteiger charge is 2.36. The highest BCUT2D eigenvalue weighted by Crippen LogP contribution is 2.30. The smallest absolute Gasteiger partial charge is 0.0876 e. The van der Waals surface area contributed by atoms with Crippen molar-refractivity contribution in [1.29, 1.82) is 0 Å². The van der Waals surface area contributed by atoms with E-state index in [2.05, 4.69) is 26.0 Å². The number of unbranched alkanes of at least 4 members (excludes halogenated alkanes) is 8. The lowest BCUT2D eigenvalue weighted by molar-refractivity contribution is 0.358. The summed E-state index contributed by atoms with van der Waals surface area (Å²) in [6.07, 6.45) is 21.9. The molecule has 2 atom stereocenters. The minimum atomic E-state index is 0.554. The molecule has 0 amide bonds. The second kappa shape index (κ2) is 11.5. The minimum absolute atomic E-state index is 0.554. The average molecular weight is 266 g/mol. The summed E-state index contributed by atoms with van der Waals surface area (Å²) in [7, 11) is 0. The normalized spacial score (nSPS) is 22.2. The Morgan fingerprint density at radius 1 is 0.737 bits per heavy atom. The van der Waals surface area contributed by atoms with Gasteiger partial charge in [0.15, 0.2) is 0 Å². The predicted molar refractivity (Wildman–Crippen MR) is 84.6 cm³/mol. The lowest BCUT2D eigenvalue weighted by Crippen LogP contribution is -1.92. The van der Waals surface area contributed by atoms with Crippen LogP contribution in [0.15, 0.2) is 12.2 Å². The lowest BCUT2D eigenvalue weighted by Gasteiger charge is -1.98. The molecule has 0 aromatic carbocycles. The van der Waals surface area contributed by atoms with Crippen LogP contribution in [0.25, 0.3) is 0 Å². The van der Waals surface area contributed by atoms with E-state index in [0.717, 1.165) is 6.42 Å². The molecule has 0 radical (unpaired) electrons. The van der Waals surface area contributed by atoms with E-state index in [1.165, 1.54) is 70.6 Å². The van der Waals surface area contributed by atoms with Crippen molar-refractivity contribution in [2.24, 2.45) is 0 Å². The number of allylic oxidation sites excluding steroid dienone is 1. The average Bonchev–Trinajstić information content (AvgIpc) is 3.16. The van der Waals surface area contributed by atoms with Gasteiger partial charge in [-0.3, -0.25) is 0 Å². The third kappa shape index (κ3) is 9.27. The van der Waals surface area contributed by atoms with Gasteiger partial charge >= 0.3 is 0 Å². The zero-order valence-corrected chi connectivity index (χ0v) is 13.2. The van der Waals surface area contributed by atoms with Crippen molar-refractivity contribution in [1.82, 2.24) is 0 Å². The van der Waals surface area contributed by atoms with Crippen molar-refractivity contribution in [3.8, 4) is 0 Å². The van der Waals surface area contributed by atoms with Crippen LogP contribution in [0.2, 0.25) is 0 Å². The number of epoxide rings is 1. The molecule has 1 fully saturated rings. The Morgan fingerprint density at radius 2 is 1.42 bits per heavy atom. The predicted octanol–water partition coefficient (Wildman–Crippen LogP) is 6.03. The van der Waals surface area contributed by atoms with Crippen LogP contribution < -0.4 is 0 Å². The number of hydrogen-bond donors (Lipinski definition) is 0. The van der Waals surface area contributed by atoms with Gasteiger partial charge in [-0.2, -0.15) is 0 Å². The van der Waals surface area contributed by atoms with E-state index >= 15 is 0 Å². The molecule has 0 bridgehead atoms. The van der Waals surface area contributed by atoms with E-state index in [0.29, 0.717) is 12.2 Å². The van der Waals surface area contributed by atoms with Gasteiger partial charge in [0, 0.05) is 0 Å². The molecule has 112 valence electrons. The summed E-state index contributed by atoms with van der Waals surface area (Å²) in [6, 6.07) is 0. The van der Waals surface area contributed by atoms with Crippen molar-refractivity contribution >= 4 is 0 Å². The molecule has 1 nitrogen and oxygen atoms in total. The molecular weight excluding hydrogens is 232 g/mol. The highest BCUT2D eigenvalue weighted by atomic mass is 16.6. The van der Waals surface area contributed by atoms with Crippen LogP contribution in [0.3, 0.4) is 0 Å². The van der Waals surface area contributed by atoms with Gasteiger partial charge in [0.05, 0.1) is 12.2 Å². The van der Waals surface area contributed by atoms with Crippen LogP contribution in [0.4, 0.5) is 0 Å². The van der Waals surface area contributed by atoms with E-state index in [9.17, 15) is 0 Å². The SMILES string of the molecule is CCCCCC=CCC1O[C@@H]1CCCCCCCC. The van der Waals surface area contributed by atoms with Crippen molar-refractivity contribution in [3.05, 3.63) is 12.2 Å². The van der Waals surface area contributed by atoms with Crippen LogP contribution in [0, 0.1) is 0 Å². The molecule has 1 unspecified atom stereocenters. The molecule has 1 heterocycles. The first-order valence-corrected chi connectivity index (χ1v) is 8.69. The molecule has 1 aliphatic heterocycles. The van der Waals surface area contributed by atoms with Crippen molar-refractivity contribution in [2.75, 3.05) is 0 Å². The Kier molecular flexibility index (Phi) is 10.2. The third-order valence-corrected chi connectivity index (χ3v) is 4.04. The summed E-state index contributed by atoms with van der Waals surface area (Å²) in [5.74, 6) is 0. The monoisotopic (exact) mass is 266 g/mol. The topological polar surface area (TPSA) is 12.5 Å². The van der Waals surface area contributed by atoms with E-state index in [1.54, 1.807) is 0 Å². The van der Waals surface area contributed by atoms with Crippen LogP contribution in [-0.2, 0) is 4.74 Å². The van der Waals surface area contributed by atoms with Crippen LogP contribution in [-0.4, -0.2) is 12.2 Å². The Morgan fingerprint density at radius 3 is 2.21 bits per heavy atom. The summed E-state index contributed by atoms with van der Waals surface area (Å²) >= 11 is 0. The fourth-order valence-corrected chi connectivity index (χ4v) is 2.63. The van der Waals surface area contributed by atoms with Gasteiger partial charge in [-0.25, -0.2) is 0 Å². The Bertz CT molecular complexity index is 222. The Labute approximate surface area is 120 Å². The fourth-order valence-electron chi connectivity index (χ4n) is 2.63. The molecule has 0 aliphatic carbocycles. The molecule has 1 saturated heterocycles. The molecular formula is C18H34O. The second-order valence-electron chi connectivity index (χ2n) is 5.97. The van der Waals surface area contributed by atoms with Gasteiger partial charge in [-0.05, 0) is 25.7 Å². The van der Waals surface area contributed by atoms with Gasteiger partial charge in [-0.15, -0.1) is 0 Å². The maximum atomic E-state index is 5.72. The van der Waals surface area contributed by atoms with Crippen LogP contribution in [0.1, 0.15) is 90.9 Å². The molecule has 1 heteroatoms. The second-order valence-corrected chi connectivity index (χ2v) is 5.97. The number of ether oxygens (including phenoxy) is 1. The first-order chi connectivity index (χ1) is 9.38. The van der Waals surface area contributed by atoms with Gasteiger partial charge < -0.3 is 4.74 Å². The molecule has 0 aromatic heterocycles. The maximum absolute atomic E-state index is 5.72. The van der Waals surface area contributed by atoms with Gasteiger partial charge in [-0.1, -0.05) is 77.4 Å². The molecule has 1 aliphatic rings. The summed E-state index contributed by atoms with van der Waals surface area (Å²) < 4.78 is 5.72.